The van der Waals surface area contributed by atoms with Crippen LogP contribution in [-0.4, -0.2) is 18.6 Å². The maximum Gasteiger partial charge on any atom is 0.241 e. The lowest BCUT2D eigenvalue weighted by Crippen LogP contribution is -2.24. The van der Waals surface area contributed by atoms with Gasteiger partial charge in [0.2, 0.25) is 10.0 Å². The Morgan fingerprint density at radius 3 is 2.75 bits per heavy atom. The van der Waals surface area contributed by atoms with Crippen LogP contribution in [-0.2, 0) is 16.6 Å². The second-order valence-electron chi connectivity index (χ2n) is 4.15. The highest BCUT2D eigenvalue weighted by Gasteiger charge is 2.17. The van der Waals surface area contributed by atoms with Gasteiger partial charge >= 0.3 is 0 Å². The Kier molecular flexibility index (Phi) is 4.02. The van der Waals surface area contributed by atoms with E-state index in [1.54, 1.807) is 13.8 Å². The quantitative estimate of drug-likeness (QED) is 0.540. The number of rotatable bonds is 5. The van der Waals surface area contributed by atoms with Crippen molar-refractivity contribution in [2.45, 2.75) is 25.3 Å². The molecule has 0 unspecified atom stereocenters. The van der Waals surface area contributed by atoms with Crippen LogP contribution in [0.4, 0.5) is 5.82 Å². The third kappa shape index (κ3) is 2.95. The number of aryl methyl sites for hydroxylation is 2. The number of nitrogens with one attached hydrogen (secondary N) is 2. The average molecular weight is 297 g/mol. The topological polar surface area (TPSA) is 123 Å². The van der Waals surface area contributed by atoms with Gasteiger partial charge in [-0.05, 0) is 19.9 Å². The molecule has 2 rings (SSSR count). The maximum atomic E-state index is 12.2. The molecule has 8 nitrogen and oxygen atoms in total. The summed E-state index contributed by atoms with van der Waals surface area (Å²) in [4.78, 5) is 3.93. The summed E-state index contributed by atoms with van der Waals surface area (Å²) in [6, 6.07) is 2.73. The van der Waals surface area contributed by atoms with Crippen molar-refractivity contribution in [3.05, 3.63) is 35.3 Å². The molecule has 0 spiro atoms. The number of hydrogen-bond donors (Lipinski definition) is 3. The summed E-state index contributed by atoms with van der Waals surface area (Å²) in [7, 11) is -3.66. The predicted molar refractivity (Wildman–Crippen MR) is 72.0 cm³/mol. The van der Waals surface area contributed by atoms with Crippen LogP contribution >= 0.6 is 0 Å². The number of nitrogens with two attached hydrogens (primary N) is 1. The fraction of sp³-hybridized carbons (Fsp3) is 0.273. The summed E-state index contributed by atoms with van der Waals surface area (Å²) < 4.78 is 31.8. The molecule has 0 aliphatic rings. The Bertz CT molecular complexity index is 691. The summed E-state index contributed by atoms with van der Waals surface area (Å²) in [5, 5.41) is 3.77. The highest BCUT2D eigenvalue weighted by atomic mass is 32.2. The van der Waals surface area contributed by atoms with Gasteiger partial charge in [-0.1, -0.05) is 5.16 Å². The smallest absolute Gasteiger partial charge is 0.241 e. The lowest BCUT2D eigenvalue weighted by atomic mass is 10.2. The van der Waals surface area contributed by atoms with Crippen LogP contribution in [0.1, 0.15) is 17.0 Å². The average Bonchev–Trinajstić information content (AvgIpc) is 2.76. The Morgan fingerprint density at radius 2 is 2.15 bits per heavy atom. The van der Waals surface area contributed by atoms with Crippen LogP contribution in [0.5, 0.6) is 0 Å². The van der Waals surface area contributed by atoms with Crippen LogP contribution in [0.2, 0.25) is 0 Å². The van der Waals surface area contributed by atoms with Gasteiger partial charge in [0.15, 0.2) is 0 Å². The van der Waals surface area contributed by atoms with Crippen molar-refractivity contribution in [3.63, 3.8) is 0 Å². The Morgan fingerprint density at radius 1 is 1.40 bits per heavy atom. The molecule has 0 atom stereocenters. The summed E-state index contributed by atoms with van der Waals surface area (Å²) in [6.07, 6.45) is 1.36. The van der Waals surface area contributed by atoms with Crippen molar-refractivity contribution in [2.24, 2.45) is 5.84 Å². The van der Waals surface area contributed by atoms with Crippen LogP contribution in [0.15, 0.2) is 27.7 Å². The molecule has 20 heavy (non-hydrogen) atoms. The summed E-state index contributed by atoms with van der Waals surface area (Å²) in [5.41, 5.74) is 3.68. The lowest BCUT2D eigenvalue weighted by Gasteiger charge is -2.07. The van der Waals surface area contributed by atoms with Gasteiger partial charge in [0.25, 0.3) is 0 Å². The van der Waals surface area contributed by atoms with Gasteiger partial charge in [0, 0.05) is 24.4 Å². The first-order valence-electron chi connectivity index (χ1n) is 5.78. The molecule has 0 aliphatic carbocycles. The molecule has 0 amide bonds. The standard InChI is InChI=1S/C11H15N5O3S/c1-7-10(8(2)19-16-7)6-14-20(17,18)9-3-4-13-11(5-9)15-12/h3-5,14H,6,12H2,1-2H3,(H,13,15). The molecule has 2 heterocycles. The molecule has 108 valence electrons. The zero-order valence-electron chi connectivity index (χ0n) is 11.0. The van der Waals surface area contributed by atoms with E-state index in [0.717, 1.165) is 5.56 Å². The van der Waals surface area contributed by atoms with Crippen LogP contribution in [0, 0.1) is 13.8 Å². The monoisotopic (exact) mass is 297 g/mol. The van der Waals surface area contributed by atoms with Crippen molar-refractivity contribution < 1.29 is 12.9 Å². The van der Waals surface area contributed by atoms with Crippen LogP contribution in [0.25, 0.3) is 0 Å². The van der Waals surface area contributed by atoms with Crippen LogP contribution in [0.3, 0.4) is 0 Å². The Balaban J connectivity index is 2.19. The molecule has 0 saturated heterocycles. The normalized spacial score (nSPS) is 11.6. The highest BCUT2D eigenvalue weighted by Crippen LogP contribution is 2.15. The van der Waals surface area contributed by atoms with E-state index in [1.165, 1.54) is 18.3 Å². The first kappa shape index (κ1) is 14.4. The molecule has 0 aliphatic heterocycles. The predicted octanol–water partition coefficient (Wildman–Crippen LogP) is 0.451. The minimum Gasteiger partial charge on any atom is -0.361 e. The Hall–Kier alpha value is -1.97. The van der Waals surface area contributed by atoms with E-state index in [2.05, 4.69) is 20.3 Å². The number of sulfonamides is 1. The number of hydrogen-bond acceptors (Lipinski definition) is 7. The summed E-state index contributed by atoms with van der Waals surface area (Å²) in [5.74, 6) is 6.06. The molecule has 0 aromatic carbocycles. The second kappa shape index (κ2) is 5.57. The van der Waals surface area contributed by atoms with Crippen molar-refractivity contribution in [3.8, 4) is 0 Å². The van der Waals surface area contributed by atoms with E-state index in [4.69, 9.17) is 10.4 Å². The minimum absolute atomic E-state index is 0.0761. The van der Waals surface area contributed by atoms with Crippen LogP contribution < -0.4 is 16.0 Å². The molecule has 4 N–H and O–H groups in total. The second-order valence-corrected chi connectivity index (χ2v) is 5.92. The van der Waals surface area contributed by atoms with E-state index in [-0.39, 0.29) is 17.3 Å². The molecule has 0 bridgehead atoms. The zero-order chi connectivity index (χ0) is 14.8. The molecular formula is C11H15N5O3S. The third-order valence-corrected chi connectivity index (χ3v) is 4.21. The Labute approximate surface area is 116 Å². The lowest BCUT2D eigenvalue weighted by molar-refractivity contribution is 0.392. The number of aromatic nitrogens is 2. The van der Waals surface area contributed by atoms with E-state index in [9.17, 15) is 8.42 Å². The van der Waals surface area contributed by atoms with Gasteiger partial charge in [0.1, 0.15) is 11.6 Å². The van der Waals surface area contributed by atoms with Crippen molar-refractivity contribution >= 4 is 15.8 Å². The highest BCUT2D eigenvalue weighted by molar-refractivity contribution is 7.89. The number of pyridine rings is 1. The molecule has 0 fully saturated rings. The van der Waals surface area contributed by atoms with Crippen molar-refractivity contribution in [1.82, 2.24) is 14.9 Å². The fourth-order valence-corrected chi connectivity index (χ4v) is 2.67. The van der Waals surface area contributed by atoms with Crippen molar-refractivity contribution in [2.75, 3.05) is 5.43 Å². The van der Waals surface area contributed by atoms with Gasteiger partial charge in [-0.2, -0.15) is 0 Å². The van der Waals surface area contributed by atoms with Gasteiger partial charge in [-0.3, -0.25) is 0 Å². The van der Waals surface area contributed by atoms with E-state index < -0.39 is 10.0 Å². The first-order valence-corrected chi connectivity index (χ1v) is 7.26. The fourth-order valence-electron chi connectivity index (χ4n) is 1.66. The summed E-state index contributed by atoms with van der Waals surface area (Å²) >= 11 is 0. The molecule has 9 heteroatoms. The molecule has 0 saturated carbocycles. The van der Waals surface area contributed by atoms with Crippen molar-refractivity contribution in [1.29, 1.82) is 0 Å². The summed E-state index contributed by atoms with van der Waals surface area (Å²) in [6.45, 7) is 3.59. The maximum absolute atomic E-state index is 12.2. The zero-order valence-corrected chi connectivity index (χ0v) is 11.9. The molecule has 0 radical (unpaired) electrons. The van der Waals surface area contributed by atoms with Gasteiger partial charge in [-0.15, -0.1) is 0 Å². The largest absolute Gasteiger partial charge is 0.361 e. The molecule has 2 aromatic heterocycles. The number of hydrazine groups is 1. The van der Waals surface area contributed by atoms with E-state index in [1.807, 2.05) is 0 Å². The molecular weight excluding hydrogens is 282 g/mol. The number of nitrogens with zero attached hydrogens (tertiary/aromatic N) is 2. The SMILES string of the molecule is Cc1noc(C)c1CNS(=O)(=O)c1ccnc(NN)c1. The van der Waals surface area contributed by atoms with E-state index in [0.29, 0.717) is 11.5 Å². The van der Waals surface area contributed by atoms with Gasteiger partial charge in [-0.25, -0.2) is 24.0 Å². The third-order valence-electron chi connectivity index (χ3n) is 2.81. The minimum atomic E-state index is -3.66. The molecule has 2 aromatic rings. The number of anilines is 1. The van der Waals surface area contributed by atoms with E-state index >= 15 is 0 Å². The number of nitrogen functional groups attached to an aromatic ring is 1. The first-order chi connectivity index (χ1) is 9.44. The van der Waals surface area contributed by atoms with Gasteiger partial charge < -0.3 is 9.95 Å². The van der Waals surface area contributed by atoms with Gasteiger partial charge in [0.05, 0.1) is 10.6 Å².